The molecule has 0 fully saturated rings. The lowest BCUT2D eigenvalue weighted by molar-refractivity contribution is 1.29. The highest BCUT2D eigenvalue weighted by Gasteiger charge is 2.14. The van der Waals surface area contributed by atoms with Crippen molar-refractivity contribution in [1.29, 1.82) is 0 Å². The average Bonchev–Trinajstić information content (AvgIpc) is 3.19. The molecule has 0 radical (unpaired) electrons. The second kappa shape index (κ2) is 8.69. The topological polar surface area (TPSA) is 3.24 Å². The molecule has 4 rings (SSSR count). The van der Waals surface area contributed by atoms with Gasteiger partial charge in [-0.1, -0.05) is 65.2 Å². The normalized spacial score (nSPS) is 11.1. The molecule has 3 aromatic carbocycles. The molecule has 0 amide bonds. The number of anilines is 3. The van der Waals surface area contributed by atoms with Crippen molar-refractivity contribution >= 4 is 51.5 Å². The molecule has 1 nitrogen and oxygen atoms in total. The fourth-order valence-electron chi connectivity index (χ4n) is 3.10. The van der Waals surface area contributed by atoms with Crippen molar-refractivity contribution in [2.24, 2.45) is 0 Å². The molecule has 0 saturated heterocycles. The summed E-state index contributed by atoms with van der Waals surface area (Å²) < 4.78 is 0. The van der Waals surface area contributed by atoms with Gasteiger partial charge >= 0.3 is 0 Å². The van der Waals surface area contributed by atoms with Gasteiger partial charge in [-0.25, -0.2) is 0 Å². The third-order valence-electron chi connectivity index (χ3n) is 4.73. The van der Waals surface area contributed by atoms with Crippen molar-refractivity contribution in [3.05, 3.63) is 112 Å². The highest BCUT2D eigenvalue weighted by Crippen LogP contribution is 2.39. The second-order valence-corrected chi connectivity index (χ2v) is 8.60. The maximum Gasteiger partial charge on any atom is 0.100 e. The molecule has 0 saturated carbocycles. The van der Waals surface area contributed by atoms with Gasteiger partial charge in [-0.2, -0.15) is 0 Å². The van der Waals surface area contributed by atoms with E-state index < -0.39 is 0 Å². The van der Waals surface area contributed by atoms with Crippen molar-refractivity contribution < 1.29 is 0 Å². The first-order chi connectivity index (χ1) is 14.1. The Morgan fingerprint density at radius 1 is 0.655 bits per heavy atom. The summed E-state index contributed by atoms with van der Waals surface area (Å²) in [5.74, 6) is 0. The summed E-state index contributed by atoms with van der Waals surface area (Å²) in [6.07, 6.45) is 4.27. The van der Waals surface area contributed by atoms with Crippen LogP contribution in [0.5, 0.6) is 0 Å². The van der Waals surface area contributed by atoms with Crippen LogP contribution in [0.2, 0.25) is 5.02 Å². The van der Waals surface area contributed by atoms with Crippen LogP contribution in [0, 0.1) is 13.8 Å². The van der Waals surface area contributed by atoms with Crippen LogP contribution in [0.25, 0.3) is 12.2 Å². The van der Waals surface area contributed by atoms with Crippen molar-refractivity contribution in [3.8, 4) is 0 Å². The highest BCUT2D eigenvalue weighted by molar-refractivity contribution is 7.17. The zero-order chi connectivity index (χ0) is 20.2. The van der Waals surface area contributed by atoms with Crippen molar-refractivity contribution in [3.63, 3.8) is 0 Å². The molecule has 0 bridgehead atoms. The van der Waals surface area contributed by atoms with Gasteiger partial charge < -0.3 is 4.90 Å². The lowest BCUT2D eigenvalue weighted by Crippen LogP contribution is -2.08. The summed E-state index contributed by atoms with van der Waals surface area (Å²) in [6.45, 7) is 4.23. The van der Waals surface area contributed by atoms with Gasteiger partial charge in [0.15, 0.2) is 0 Å². The summed E-state index contributed by atoms with van der Waals surface area (Å²) in [7, 11) is 0. The van der Waals surface area contributed by atoms with E-state index in [0.29, 0.717) is 0 Å². The van der Waals surface area contributed by atoms with E-state index in [1.165, 1.54) is 21.0 Å². The van der Waals surface area contributed by atoms with Gasteiger partial charge in [-0.05, 0) is 74.0 Å². The van der Waals surface area contributed by atoms with Gasteiger partial charge in [0.2, 0.25) is 0 Å². The van der Waals surface area contributed by atoms with Crippen molar-refractivity contribution in [2.75, 3.05) is 4.90 Å². The molecule has 1 aromatic heterocycles. The minimum atomic E-state index is 0.757. The first kappa shape index (κ1) is 19.5. The van der Waals surface area contributed by atoms with E-state index >= 15 is 0 Å². The van der Waals surface area contributed by atoms with Gasteiger partial charge in [-0.15, -0.1) is 11.3 Å². The summed E-state index contributed by atoms with van der Waals surface area (Å²) in [6, 6.07) is 29.6. The van der Waals surface area contributed by atoms with E-state index in [9.17, 15) is 0 Å². The Kier molecular flexibility index (Phi) is 5.84. The molecule has 29 heavy (non-hydrogen) atoms. The van der Waals surface area contributed by atoms with Crippen LogP contribution in [0.4, 0.5) is 16.4 Å². The van der Waals surface area contributed by atoms with E-state index in [1.807, 2.05) is 24.3 Å². The molecule has 1 heterocycles. The molecule has 0 atom stereocenters. The van der Waals surface area contributed by atoms with Gasteiger partial charge in [-0.3, -0.25) is 0 Å². The molecule has 0 aliphatic rings. The molecule has 0 N–H and O–H groups in total. The van der Waals surface area contributed by atoms with E-state index in [1.54, 1.807) is 11.3 Å². The molecule has 4 aromatic rings. The molecular formula is C26H22ClNS. The average molecular weight is 416 g/mol. The van der Waals surface area contributed by atoms with Gasteiger partial charge in [0.25, 0.3) is 0 Å². The number of thiophene rings is 1. The summed E-state index contributed by atoms with van der Waals surface area (Å²) in [5.41, 5.74) is 5.98. The van der Waals surface area contributed by atoms with Crippen molar-refractivity contribution in [1.82, 2.24) is 0 Å². The van der Waals surface area contributed by atoms with Gasteiger partial charge in [0.05, 0.1) is 0 Å². The Bertz CT molecular complexity index is 1060. The second-order valence-electron chi connectivity index (χ2n) is 7.07. The Morgan fingerprint density at radius 3 is 1.76 bits per heavy atom. The minimum Gasteiger partial charge on any atom is -0.302 e. The standard InChI is InChI=1S/C26H22ClNS/c1-19-3-12-23(13-4-19)28(24-14-5-20(2)6-15-24)26-18-17-25(29-26)16-9-21-7-10-22(27)11-8-21/h3-18H,1-2H3. The number of halogens is 1. The molecule has 0 unspecified atom stereocenters. The number of hydrogen-bond donors (Lipinski definition) is 0. The third kappa shape index (κ3) is 4.79. The minimum absolute atomic E-state index is 0.757. The number of benzene rings is 3. The molecular weight excluding hydrogens is 394 g/mol. The zero-order valence-electron chi connectivity index (χ0n) is 16.5. The Balaban J connectivity index is 1.67. The zero-order valence-corrected chi connectivity index (χ0v) is 18.0. The van der Waals surface area contributed by atoms with Crippen LogP contribution in [0.15, 0.2) is 84.9 Å². The van der Waals surface area contributed by atoms with E-state index in [0.717, 1.165) is 22.0 Å². The van der Waals surface area contributed by atoms with E-state index in [2.05, 4.69) is 91.6 Å². The first-order valence-corrected chi connectivity index (χ1v) is 10.7. The molecule has 3 heteroatoms. The first-order valence-electron chi connectivity index (χ1n) is 9.55. The van der Waals surface area contributed by atoms with Crippen molar-refractivity contribution in [2.45, 2.75) is 13.8 Å². The van der Waals surface area contributed by atoms with Crippen LogP contribution in [0.3, 0.4) is 0 Å². The SMILES string of the molecule is Cc1ccc(N(c2ccc(C)cc2)c2ccc(C=Cc3ccc(Cl)cc3)s2)cc1. The maximum absolute atomic E-state index is 5.98. The van der Waals surface area contributed by atoms with E-state index in [-0.39, 0.29) is 0 Å². The third-order valence-corrected chi connectivity index (χ3v) is 6.02. The number of aryl methyl sites for hydroxylation is 2. The van der Waals surface area contributed by atoms with Crippen LogP contribution in [-0.2, 0) is 0 Å². The summed E-state index contributed by atoms with van der Waals surface area (Å²) in [4.78, 5) is 3.52. The number of hydrogen-bond acceptors (Lipinski definition) is 2. The highest BCUT2D eigenvalue weighted by atomic mass is 35.5. The Morgan fingerprint density at radius 2 is 1.21 bits per heavy atom. The largest absolute Gasteiger partial charge is 0.302 e. The quantitative estimate of drug-likeness (QED) is 0.315. The predicted molar refractivity (Wildman–Crippen MR) is 129 cm³/mol. The fraction of sp³-hybridized carbons (Fsp3) is 0.0769. The number of rotatable bonds is 5. The van der Waals surface area contributed by atoms with Crippen LogP contribution in [-0.4, -0.2) is 0 Å². The molecule has 0 aliphatic carbocycles. The monoisotopic (exact) mass is 415 g/mol. The molecule has 0 aliphatic heterocycles. The summed E-state index contributed by atoms with van der Waals surface area (Å²) >= 11 is 7.75. The van der Waals surface area contributed by atoms with Gasteiger partial charge in [0, 0.05) is 21.3 Å². The predicted octanol–water partition coefficient (Wildman–Crippen LogP) is 8.66. The Hall–Kier alpha value is -2.81. The van der Waals surface area contributed by atoms with Crippen LogP contribution < -0.4 is 4.90 Å². The lowest BCUT2D eigenvalue weighted by Gasteiger charge is -2.23. The summed E-state index contributed by atoms with van der Waals surface area (Å²) in [5, 5.41) is 1.95. The Labute approximate surface area is 181 Å². The maximum atomic E-state index is 5.98. The molecule has 144 valence electrons. The fourth-order valence-corrected chi connectivity index (χ4v) is 4.17. The molecule has 0 spiro atoms. The van der Waals surface area contributed by atoms with Crippen LogP contribution in [0.1, 0.15) is 21.6 Å². The van der Waals surface area contributed by atoms with Crippen LogP contribution >= 0.6 is 22.9 Å². The smallest absolute Gasteiger partial charge is 0.100 e. The van der Waals surface area contributed by atoms with E-state index in [4.69, 9.17) is 11.6 Å². The lowest BCUT2D eigenvalue weighted by atomic mass is 10.1. The van der Waals surface area contributed by atoms with Gasteiger partial charge in [0.1, 0.15) is 5.00 Å². The number of nitrogens with zero attached hydrogens (tertiary/aromatic N) is 1.